The summed E-state index contributed by atoms with van der Waals surface area (Å²) in [5.41, 5.74) is 0.441. The summed E-state index contributed by atoms with van der Waals surface area (Å²) in [6.45, 7) is 1.34. The molecule has 2 rings (SSSR count). The quantitative estimate of drug-likeness (QED) is 0.704. The van der Waals surface area contributed by atoms with Gasteiger partial charge in [-0.25, -0.2) is 9.18 Å². The van der Waals surface area contributed by atoms with Crippen molar-refractivity contribution in [2.45, 2.75) is 6.92 Å². The molecule has 0 aliphatic rings. The molecule has 0 radical (unpaired) electrons. The molecule has 110 valence electrons. The fourth-order valence-corrected chi connectivity index (χ4v) is 1.96. The molecule has 0 heterocycles. The van der Waals surface area contributed by atoms with E-state index in [1.807, 2.05) is 0 Å². The monoisotopic (exact) mass is 416 g/mol. The molecule has 6 heteroatoms. The zero-order valence-electron chi connectivity index (χ0n) is 10.9. The maximum Gasteiger partial charge on any atom is 0.335 e. The van der Waals surface area contributed by atoms with Gasteiger partial charge in [0, 0.05) is 8.95 Å². The maximum atomic E-state index is 12.9. The van der Waals surface area contributed by atoms with E-state index in [-0.39, 0.29) is 11.3 Å². The van der Waals surface area contributed by atoms with E-state index >= 15 is 0 Å². The van der Waals surface area contributed by atoms with Crippen LogP contribution in [0.25, 0.3) is 0 Å². The number of carbonyl (C=O) groups is 2. The van der Waals surface area contributed by atoms with Gasteiger partial charge < -0.3 is 5.11 Å². The number of rotatable bonds is 2. The molecule has 0 saturated carbocycles. The van der Waals surface area contributed by atoms with Gasteiger partial charge in [-0.3, -0.25) is 4.79 Å². The van der Waals surface area contributed by atoms with Crippen molar-refractivity contribution in [3.05, 3.63) is 68.4 Å². The first-order chi connectivity index (χ1) is 9.81. The highest BCUT2D eigenvalue weighted by atomic mass is 79.9. The van der Waals surface area contributed by atoms with Crippen LogP contribution in [-0.2, 0) is 0 Å². The van der Waals surface area contributed by atoms with Crippen LogP contribution in [0.15, 0.2) is 51.4 Å². The van der Waals surface area contributed by atoms with E-state index in [0.29, 0.717) is 10.0 Å². The van der Waals surface area contributed by atoms with Gasteiger partial charge in [-0.2, -0.15) is 0 Å². The average molecular weight is 418 g/mol. The van der Waals surface area contributed by atoms with Gasteiger partial charge in [-0.15, -0.1) is 0 Å². The normalized spacial score (nSPS) is 9.52. The summed E-state index contributed by atoms with van der Waals surface area (Å²) in [6, 6.07) is 10.9. The first-order valence-electron chi connectivity index (χ1n) is 5.76. The van der Waals surface area contributed by atoms with Gasteiger partial charge >= 0.3 is 5.97 Å². The van der Waals surface area contributed by atoms with Gasteiger partial charge in [-0.05, 0) is 49.4 Å². The SMILES string of the molecule is CC(=O)c1ccc(Br)cc1F.O=C(O)c1ccc(Br)cc1. The lowest BCUT2D eigenvalue weighted by atomic mass is 10.1. The van der Waals surface area contributed by atoms with E-state index in [2.05, 4.69) is 31.9 Å². The minimum Gasteiger partial charge on any atom is -0.478 e. The number of hydrogen-bond acceptors (Lipinski definition) is 2. The Labute approximate surface area is 138 Å². The van der Waals surface area contributed by atoms with Gasteiger partial charge in [0.2, 0.25) is 0 Å². The second-order valence-corrected chi connectivity index (χ2v) is 5.82. The topological polar surface area (TPSA) is 54.4 Å². The predicted molar refractivity (Wildman–Crippen MR) is 85.2 cm³/mol. The smallest absolute Gasteiger partial charge is 0.335 e. The third-order valence-corrected chi connectivity index (χ3v) is 3.42. The maximum absolute atomic E-state index is 12.9. The number of aromatic carboxylic acids is 1. The molecule has 2 aromatic carbocycles. The number of ketones is 1. The molecule has 0 spiro atoms. The highest BCUT2D eigenvalue weighted by molar-refractivity contribution is 9.10. The van der Waals surface area contributed by atoms with Crippen molar-refractivity contribution >= 4 is 43.6 Å². The number of benzene rings is 2. The Morgan fingerprint density at radius 1 is 1.00 bits per heavy atom. The van der Waals surface area contributed by atoms with Gasteiger partial charge in [0.1, 0.15) is 5.82 Å². The molecule has 0 saturated heterocycles. The lowest BCUT2D eigenvalue weighted by Gasteiger charge is -1.97. The predicted octanol–water partition coefficient (Wildman–Crippen LogP) is 4.94. The van der Waals surface area contributed by atoms with Crippen LogP contribution >= 0.6 is 31.9 Å². The molecule has 21 heavy (non-hydrogen) atoms. The van der Waals surface area contributed by atoms with Crippen molar-refractivity contribution in [2.24, 2.45) is 0 Å². The first-order valence-corrected chi connectivity index (χ1v) is 7.34. The second kappa shape index (κ2) is 8.05. The van der Waals surface area contributed by atoms with Gasteiger partial charge in [-0.1, -0.05) is 31.9 Å². The number of hydrogen-bond donors (Lipinski definition) is 1. The van der Waals surface area contributed by atoms with E-state index in [0.717, 1.165) is 4.47 Å². The molecule has 0 amide bonds. The summed E-state index contributed by atoms with van der Waals surface area (Å²) in [6.07, 6.45) is 0. The van der Waals surface area contributed by atoms with Gasteiger partial charge in [0.05, 0.1) is 11.1 Å². The fourth-order valence-electron chi connectivity index (χ4n) is 1.37. The van der Waals surface area contributed by atoms with Crippen molar-refractivity contribution < 1.29 is 19.1 Å². The number of carbonyl (C=O) groups excluding carboxylic acids is 1. The minimum absolute atomic E-state index is 0.133. The van der Waals surface area contributed by atoms with E-state index in [1.165, 1.54) is 19.1 Å². The van der Waals surface area contributed by atoms with Crippen LogP contribution in [0.5, 0.6) is 0 Å². The largest absolute Gasteiger partial charge is 0.478 e. The fraction of sp³-hybridized carbons (Fsp3) is 0.0667. The van der Waals surface area contributed by atoms with Crippen LogP contribution in [0.4, 0.5) is 4.39 Å². The number of carboxylic acid groups (broad SMARTS) is 1. The number of carboxylic acids is 1. The van der Waals surface area contributed by atoms with Crippen molar-refractivity contribution in [2.75, 3.05) is 0 Å². The molecular weight excluding hydrogens is 407 g/mol. The molecular formula is C15H11Br2FO3. The van der Waals surface area contributed by atoms with Crippen LogP contribution < -0.4 is 0 Å². The highest BCUT2D eigenvalue weighted by Gasteiger charge is 2.05. The van der Waals surface area contributed by atoms with Crippen molar-refractivity contribution in [3.8, 4) is 0 Å². The second-order valence-electron chi connectivity index (χ2n) is 3.99. The zero-order chi connectivity index (χ0) is 16.0. The van der Waals surface area contributed by atoms with E-state index in [4.69, 9.17) is 5.11 Å². The standard InChI is InChI=1S/C8H6BrFO.C7H5BrO2/c1-5(11)7-3-2-6(9)4-8(7)10;8-6-3-1-5(2-4-6)7(9)10/h2-4H,1H3;1-4H,(H,9,10). The summed E-state index contributed by atoms with van der Waals surface area (Å²) in [7, 11) is 0. The van der Waals surface area contributed by atoms with Crippen molar-refractivity contribution in [1.82, 2.24) is 0 Å². The Bertz CT molecular complexity index is 654. The van der Waals surface area contributed by atoms with Crippen molar-refractivity contribution in [1.29, 1.82) is 0 Å². The van der Waals surface area contributed by atoms with Crippen LogP contribution in [0.1, 0.15) is 27.6 Å². The molecule has 0 aromatic heterocycles. The molecule has 0 atom stereocenters. The Balaban J connectivity index is 0.000000211. The minimum atomic E-state index is -0.896. The van der Waals surface area contributed by atoms with Crippen LogP contribution in [-0.4, -0.2) is 16.9 Å². The van der Waals surface area contributed by atoms with E-state index in [9.17, 15) is 14.0 Å². The first kappa shape index (κ1) is 17.5. The molecule has 0 aliphatic carbocycles. The Kier molecular flexibility index (Phi) is 6.71. The Morgan fingerprint density at radius 3 is 1.95 bits per heavy atom. The number of Topliss-reactive ketones (excluding diaryl/α,β-unsaturated/α-hetero) is 1. The Morgan fingerprint density at radius 2 is 1.52 bits per heavy atom. The molecule has 0 aliphatic heterocycles. The Hall–Kier alpha value is -1.53. The van der Waals surface area contributed by atoms with Crippen molar-refractivity contribution in [3.63, 3.8) is 0 Å². The average Bonchev–Trinajstić information content (AvgIpc) is 2.39. The van der Waals surface area contributed by atoms with Gasteiger partial charge in [0.15, 0.2) is 5.78 Å². The molecule has 3 nitrogen and oxygen atoms in total. The molecule has 2 aromatic rings. The summed E-state index contributed by atoms with van der Waals surface area (Å²) >= 11 is 6.30. The third kappa shape index (κ3) is 5.77. The highest BCUT2D eigenvalue weighted by Crippen LogP contribution is 2.15. The molecule has 0 unspecified atom stereocenters. The molecule has 1 N–H and O–H groups in total. The lowest BCUT2D eigenvalue weighted by Crippen LogP contribution is -1.95. The van der Waals surface area contributed by atoms with Crippen LogP contribution in [0, 0.1) is 5.82 Å². The van der Waals surface area contributed by atoms with Crippen LogP contribution in [0.2, 0.25) is 0 Å². The lowest BCUT2D eigenvalue weighted by molar-refractivity contribution is 0.0696. The summed E-state index contributed by atoms with van der Waals surface area (Å²) in [5.74, 6) is -1.63. The summed E-state index contributed by atoms with van der Waals surface area (Å²) < 4.78 is 14.4. The summed E-state index contributed by atoms with van der Waals surface area (Å²) in [5, 5.41) is 8.46. The molecule has 0 bridgehead atoms. The molecule has 0 fully saturated rings. The zero-order valence-corrected chi connectivity index (χ0v) is 14.1. The summed E-state index contributed by atoms with van der Waals surface area (Å²) in [4.78, 5) is 21.0. The van der Waals surface area contributed by atoms with E-state index in [1.54, 1.807) is 30.3 Å². The third-order valence-electron chi connectivity index (χ3n) is 2.40. The van der Waals surface area contributed by atoms with E-state index < -0.39 is 11.8 Å². The van der Waals surface area contributed by atoms with Crippen LogP contribution in [0.3, 0.4) is 0 Å². The van der Waals surface area contributed by atoms with Gasteiger partial charge in [0.25, 0.3) is 0 Å². The number of halogens is 3.